The topological polar surface area (TPSA) is 46.2 Å². The molecule has 0 aliphatic rings. The first-order valence-electron chi connectivity index (χ1n) is 6.52. The van der Waals surface area contributed by atoms with Crippen molar-refractivity contribution in [3.8, 4) is 0 Å². The Labute approximate surface area is 111 Å². The minimum Gasteiger partial charge on any atom is -0.313 e. The molecule has 1 aromatic carbocycles. The normalized spacial score (nSPS) is 15.3. The molecule has 0 fully saturated rings. The van der Waals surface area contributed by atoms with Crippen LogP contribution in [0.3, 0.4) is 0 Å². The Bertz CT molecular complexity index is 442. The van der Waals surface area contributed by atoms with Gasteiger partial charge in [-0.15, -0.1) is 0 Å². The fourth-order valence-corrected chi connectivity index (χ4v) is 3.61. The molecule has 3 nitrogen and oxygen atoms in total. The molecule has 2 atom stereocenters. The van der Waals surface area contributed by atoms with Gasteiger partial charge in [0.2, 0.25) is 0 Å². The molecule has 0 aliphatic heterocycles. The third-order valence-electron chi connectivity index (χ3n) is 3.30. The number of rotatable bonds is 7. The summed E-state index contributed by atoms with van der Waals surface area (Å²) in [5.41, 5.74) is 0. The van der Waals surface area contributed by atoms with Crippen molar-refractivity contribution < 1.29 is 8.42 Å². The van der Waals surface area contributed by atoms with Gasteiger partial charge in [0.25, 0.3) is 0 Å². The van der Waals surface area contributed by atoms with Crippen molar-refractivity contribution >= 4 is 9.84 Å². The summed E-state index contributed by atoms with van der Waals surface area (Å²) in [6.07, 6.45) is 0.974. The Morgan fingerprint density at radius 1 is 1.17 bits per heavy atom. The van der Waals surface area contributed by atoms with Crippen molar-refractivity contribution in [3.63, 3.8) is 0 Å². The molecular formula is C14H23NO2S. The van der Waals surface area contributed by atoms with Crippen LogP contribution in [-0.4, -0.2) is 26.8 Å². The summed E-state index contributed by atoms with van der Waals surface area (Å²) in [5, 5.41) is 3.28. The van der Waals surface area contributed by atoms with E-state index in [4.69, 9.17) is 0 Å². The molecule has 0 aliphatic carbocycles. The van der Waals surface area contributed by atoms with E-state index >= 15 is 0 Å². The molecular weight excluding hydrogens is 246 g/mol. The molecule has 0 amide bonds. The van der Waals surface area contributed by atoms with Gasteiger partial charge in [-0.3, -0.25) is 0 Å². The summed E-state index contributed by atoms with van der Waals surface area (Å²) >= 11 is 0. The zero-order valence-electron chi connectivity index (χ0n) is 11.4. The average Bonchev–Trinajstić information content (AvgIpc) is 2.38. The van der Waals surface area contributed by atoms with Crippen LogP contribution in [0.2, 0.25) is 0 Å². The largest absolute Gasteiger partial charge is 0.313 e. The van der Waals surface area contributed by atoms with Gasteiger partial charge in [0.15, 0.2) is 9.84 Å². The van der Waals surface area contributed by atoms with Gasteiger partial charge in [0, 0.05) is 6.04 Å². The van der Waals surface area contributed by atoms with Crippen molar-refractivity contribution in [2.75, 3.05) is 12.3 Å². The van der Waals surface area contributed by atoms with Crippen molar-refractivity contribution in [3.05, 3.63) is 30.3 Å². The van der Waals surface area contributed by atoms with E-state index in [0.717, 1.165) is 13.0 Å². The van der Waals surface area contributed by atoms with E-state index in [9.17, 15) is 8.42 Å². The molecule has 18 heavy (non-hydrogen) atoms. The predicted octanol–water partition coefficient (Wildman–Crippen LogP) is 2.48. The van der Waals surface area contributed by atoms with Gasteiger partial charge in [-0.05, 0) is 24.6 Å². The lowest BCUT2D eigenvalue weighted by Crippen LogP contribution is -2.40. The molecule has 1 aromatic rings. The highest BCUT2D eigenvalue weighted by molar-refractivity contribution is 7.91. The van der Waals surface area contributed by atoms with Crippen LogP contribution >= 0.6 is 0 Å². The maximum absolute atomic E-state index is 12.3. The predicted molar refractivity (Wildman–Crippen MR) is 75.4 cm³/mol. The Morgan fingerprint density at radius 3 is 2.28 bits per heavy atom. The molecule has 0 aromatic heterocycles. The number of sulfone groups is 1. The Kier molecular flexibility index (Phi) is 5.82. The lowest BCUT2D eigenvalue weighted by Gasteiger charge is -2.23. The van der Waals surface area contributed by atoms with E-state index in [0.29, 0.717) is 10.8 Å². The second kappa shape index (κ2) is 6.90. The van der Waals surface area contributed by atoms with Crippen LogP contribution in [0, 0.1) is 5.92 Å². The summed E-state index contributed by atoms with van der Waals surface area (Å²) in [7, 11) is -3.20. The Hall–Kier alpha value is -0.870. The monoisotopic (exact) mass is 269 g/mol. The van der Waals surface area contributed by atoms with Gasteiger partial charge in [-0.2, -0.15) is 0 Å². The molecule has 0 bridgehead atoms. The number of hydrogen-bond acceptors (Lipinski definition) is 3. The summed E-state index contributed by atoms with van der Waals surface area (Å²) in [6.45, 7) is 6.97. The van der Waals surface area contributed by atoms with Gasteiger partial charge >= 0.3 is 0 Å². The van der Waals surface area contributed by atoms with Gasteiger partial charge in [-0.1, -0.05) is 45.4 Å². The smallest absolute Gasteiger partial charge is 0.179 e. The van der Waals surface area contributed by atoms with Crippen molar-refractivity contribution in [1.29, 1.82) is 0 Å². The zero-order valence-corrected chi connectivity index (χ0v) is 12.2. The van der Waals surface area contributed by atoms with Gasteiger partial charge in [0.1, 0.15) is 0 Å². The van der Waals surface area contributed by atoms with E-state index in [2.05, 4.69) is 19.2 Å². The van der Waals surface area contributed by atoms with Gasteiger partial charge in [0.05, 0.1) is 10.6 Å². The second-order valence-electron chi connectivity index (χ2n) is 4.64. The van der Waals surface area contributed by atoms with Crippen LogP contribution in [0.25, 0.3) is 0 Å². The van der Waals surface area contributed by atoms with E-state index in [-0.39, 0.29) is 11.8 Å². The molecule has 0 heterocycles. The van der Waals surface area contributed by atoms with Crippen molar-refractivity contribution in [1.82, 2.24) is 5.32 Å². The first-order chi connectivity index (χ1) is 8.51. The third-order valence-corrected chi connectivity index (χ3v) is 5.09. The van der Waals surface area contributed by atoms with Crippen LogP contribution in [0.15, 0.2) is 35.2 Å². The molecule has 0 saturated heterocycles. The zero-order chi connectivity index (χ0) is 13.6. The SMILES string of the molecule is CCNC(CS(=O)(=O)c1ccccc1)C(C)CC. The molecule has 0 spiro atoms. The van der Waals surface area contributed by atoms with Crippen LogP contribution in [0.1, 0.15) is 27.2 Å². The van der Waals surface area contributed by atoms with Crippen molar-refractivity contribution in [2.24, 2.45) is 5.92 Å². The first-order valence-corrected chi connectivity index (χ1v) is 8.17. The Balaban J connectivity index is 2.86. The van der Waals surface area contributed by atoms with Gasteiger partial charge < -0.3 is 5.32 Å². The van der Waals surface area contributed by atoms with E-state index < -0.39 is 9.84 Å². The van der Waals surface area contributed by atoms with Crippen LogP contribution in [0.5, 0.6) is 0 Å². The maximum atomic E-state index is 12.3. The highest BCUT2D eigenvalue weighted by Gasteiger charge is 2.23. The molecule has 0 radical (unpaired) electrons. The minimum atomic E-state index is -3.20. The second-order valence-corrected chi connectivity index (χ2v) is 6.68. The molecule has 1 rings (SSSR count). The summed E-state index contributed by atoms with van der Waals surface area (Å²) < 4.78 is 24.6. The van der Waals surface area contributed by atoms with Crippen LogP contribution < -0.4 is 5.32 Å². The molecule has 4 heteroatoms. The fraction of sp³-hybridized carbons (Fsp3) is 0.571. The van der Waals surface area contributed by atoms with Crippen LogP contribution in [-0.2, 0) is 9.84 Å². The number of hydrogen-bond donors (Lipinski definition) is 1. The van der Waals surface area contributed by atoms with E-state index in [1.165, 1.54) is 0 Å². The summed E-state index contributed by atoms with van der Waals surface area (Å²) in [6, 6.07) is 8.70. The Morgan fingerprint density at radius 2 is 1.78 bits per heavy atom. The van der Waals surface area contributed by atoms with E-state index in [1.807, 2.05) is 13.0 Å². The third kappa shape index (κ3) is 4.10. The molecule has 102 valence electrons. The molecule has 1 N–H and O–H groups in total. The summed E-state index contributed by atoms with van der Waals surface area (Å²) in [5.74, 6) is 0.517. The highest BCUT2D eigenvalue weighted by atomic mass is 32.2. The van der Waals surface area contributed by atoms with Crippen LogP contribution in [0.4, 0.5) is 0 Å². The maximum Gasteiger partial charge on any atom is 0.179 e. The molecule has 0 saturated carbocycles. The lowest BCUT2D eigenvalue weighted by atomic mass is 10.0. The fourth-order valence-electron chi connectivity index (χ4n) is 1.93. The molecule has 2 unspecified atom stereocenters. The highest BCUT2D eigenvalue weighted by Crippen LogP contribution is 2.16. The van der Waals surface area contributed by atoms with Crippen molar-refractivity contribution in [2.45, 2.75) is 38.1 Å². The minimum absolute atomic E-state index is 0.0187. The number of benzene rings is 1. The first kappa shape index (κ1) is 15.2. The average molecular weight is 269 g/mol. The van der Waals surface area contributed by atoms with Gasteiger partial charge in [-0.25, -0.2) is 8.42 Å². The van der Waals surface area contributed by atoms with E-state index in [1.54, 1.807) is 24.3 Å². The number of nitrogens with one attached hydrogen (secondary N) is 1. The lowest BCUT2D eigenvalue weighted by molar-refractivity contribution is 0.398. The standard InChI is InChI=1S/C14H23NO2S/c1-4-12(3)14(15-5-2)11-18(16,17)13-9-7-6-8-10-13/h6-10,12,14-15H,4-5,11H2,1-3H3. The quantitative estimate of drug-likeness (QED) is 0.827. The summed E-state index contributed by atoms with van der Waals surface area (Å²) in [4.78, 5) is 0.413.